The Morgan fingerprint density at radius 1 is 1.15 bits per heavy atom. The summed E-state index contributed by atoms with van der Waals surface area (Å²) < 4.78 is 0. The Bertz CT molecular complexity index is 825. The van der Waals surface area contributed by atoms with Crippen molar-refractivity contribution in [2.75, 3.05) is 13.1 Å². The van der Waals surface area contributed by atoms with Crippen molar-refractivity contribution in [1.82, 2.24) is 24.8 Å². The minimum absolute atomic E-state index is 0.304. The maximum atomic E-state index is 5.71. The second-order valence-corrected chi connectivity index (χ2v) is 6.96. The van der Waals surface area contributed by atoms with E-state index in [-0.39, 0.29) is 0 Å². The van der Waals surface area contributed by atoms with E-state index < -0.39 is 0 Å². The van der Waals surface area contributed by atoms with E-state index in [1.54, 1.807) is 6.20 Å². The van der Waals surface area contributed by atoms with E-state index in [9.17, 15) is 0 Å². The number of nitrogens with two attached hydrogens (primary N) is 1. The Labute approximate surface area is 153 Å². The van der Waals surface area contributed by atoms with Crippen LogP contribution in [-0.2, 0) is 13.0 Å². The van der Waals surface area contributed by atoms with Crippen LogP contribution in [-0.4, -0.2) is 37.9 Å². The summed E-state index contributed by atoms with van der Waals surface area (Å²) in [4.78, 5) is 20.0. The zero-order valence-corrected chi connectivity index (χ0v) is 15.1. The lowest BCUT2D eigenvalue weighted by Gasteiger charge is -2.34. The van der Waals surface area contributed by atoms with Gasteiger partial charge in [-0.3, -0.25) is 14.9 Å². The lowest BCUT2D eigenvalue weighted by Crippen LogP contribution is -2.33. The van der Waals surface area contributed by atoms with Gasteiger partial charge < -0.3 is 10.7 Å². The summed E-state index contributed by atoms with van der Waals surface area (Å²) in [6.45, 7) is 2.52. The third-order valence-electron chi connectivity index (χ3n) is 5.14. The van der Waals surface area contributed by atoms with Gasteiger partial charge in [0.05, 0.1) is 35.0 Å². The van der Waals surface area contributed by atoms with Gasteiger partial charge in [0.25, 0.3) is 0 Å². The zero-order chi connectivity index (χ0) is 17.8. The maximum absolute atomic E-state index is 5.71. The molecule has 6 heteroatoms. The van der Waals surface area contributed by atoms with Crippen molar-refractivity contribution in [2.45, 2.75) is 44.7 Å². The molecule has 1 aromatic carbocycles. The van der Waals surface area contributed by atoms with Crippen LogP contribution in [0, 0.1) is 0 Å². The topological polar surface area (TPSA) is 83.7 Å². The number of hydrogen-bond acceptors (Lipinski definition) is 5. The number of nitrogens with zero attached hydrogens (tertiary/aromatic N) is 4. The molecule has 0 spiro atoms. The average Bonchev–Trinajstić information content (AvgIpc) is 3.09. The molecular formula is C20H26N6. The molecule has 6 nitrogen and oxygen atoms in total. The van der Waals surface area contributed by atoms with Gasteiger partial charge in [-0.25, -0.2) is 4.98 Å². The molecule has 1 atom stereocenters. The van der Waals surface area contributed by atoms with Gasteiger partial charge in [-0.1, -0.05) is 12.1 Å². The number of aromatic amines is 1. The number of para-hydroxylation sites is 2. The summed E-state index contributed by atoms with van der Waals surface area (Å²) in [6.07, 6.45) is 9.05. The van der Waals surface area contributed by atoms with Crippen LogP contribution in [0.4, 0.5) is 0 Å². The average molecular weight is 350 g/mol. The SMILES string of the molecule is NCCCCN(Cc1nc2ccccc2[nH]1)C1CCCc2nccnc21. The van der Waals surface area contributed by atoms with Gasteiger partial charge >= 0.3 is 0 Å². The van der Waals surface area contributed by atoms with Crippen LogP contribution < -0.4 is 5.73 Å². The highest BCUT2D eigenvalue weighted by molar-refractivity contribution is 5.74. The van der Waals surface area contributed by atoms with Crippen LogP contribution in [0.1, 0.15) is 48.9 Å². The van der Waals surface area contributed by atoms with Gasteiger partial charge in [0.15, 0.2) is 0 Å². The Balaban J connectivity index is 1.60. The second kappa shape index (κ2) is 7.93. The van der Waals surface area contributed by atoms with E-state index >= 15 is 0 Å². The number of imidazole rings is 1. The highest BCUT2D eigenvalue weighted by Crippen LogP contribution is 2.33. The monoisotopic (exact) mass is 350 g/mol. The first kappa shape index (κ1) is 17.1. The third-order valence-corrected chi connectivity index (χ3v) is 5.14. The van der Waals surface area contributed by atoms with Crippen LogP contribution in [0.5, 0.6) is 0 Å². The van der Waals surface area contributed by atoms with E-state index in [4.69, 9.17) is 10.7 Å². The van der Waals surface area contributed by atoms with Gasteiger partial charge in [-0.05, 0) is 57.3 Å². The Morgan fingerprint density at radius 2 is 2.04 bits per heavy atom. The summed E-state index contributed by atoms with van der Waals surface area (Å²) in [5.41, 5.74) is 10.1. The molecule has 0 bridgehead atoms. The molecule has 0 fully saturated rings. The zero-order valence-electron chi connectivity index (χ0n) is 15.1. The van der Waals surface area contributed by atoms with E-state index in [2.05, 4.69) is 32.0 Å². The normalized spacial score (nSPS) is 16.9. The molecule has 1 aliphatic rings. The van der Waals surface area contributed by atoms with Crippen molar-refractivity contribution in [1.29, 1.82) is 0 Å². The smallest absolute Gasteiger partial charge is 0.121 e. The summed E-state index contributed by atoms with van der Waals surface area (Å²) >= 11 is 0. The molecule has 4 rings (SSSR count). The largest absolute Gasteiger partial charge is 0.341 e. The summed E-state index contributed by atoms with van der Waals surface area (Å²) in [5.74, 6) is 1.01. The molecule has 136 valence electrons. The Hall–Kier alpha value is -2.31. The van der Waals surface area contributed by atoms with Crippen LogP contribution in [0.3, 0.4) is 0 Å². The Kier molecular flexibility index (Phi) is 5.22. The van der Waals surface area contributed by atoms with Gasteiger partial charge in [-0.2, -0.15) is 0 Å². The van der Waals surface area contributed by atoms with Gasteiger partial charge in [0, 0.05) is 12.4 Å². The maximum Gasteiger partial charge on any atom is 0.121 e. The predicted molar refractivity (Wildman–Crippen MR) is 103 cm³/mol. The first-order valence-corrected chi connectivity index (χ1v) is 9.52. The van der Waals surface area contributed by atoms with Crippen LogP contribution in [0.25, 0.3) is 11.0 Å². The summed E-state index contributed by atoms with van der Waals surface area (Å²) in [7, 11) is 0. The van der Waals surface area contributed by atoms with Crippen molar-refractivity contribution in [3.8, 4) is 0 Å². The minimum atomic E-state index is 0.304. The third kappa shape index (κ3) is 3.61. The van der Waals surface area contributed by atoms with Crippen molar-refractivity contribution in [2.24, 2.45) is 5.73 Å². The lowest BCUT2D eigenvalue weighted by atomic mass is 9.94. The molecule has 2 aromatic heterocycles. The quantitative estimate of drug-likeness (QED) is 0.640. The second-order valence-electron chi connectivity index (χ2n) is 6.96. The summed E-state index contributed by atoms with van der Waals surface area (Å²) in [6, 6.07) is 8.50. The predicted octanol–water partition coefficient (Wildman–Crippen LogP) is 2.97. The molecule has 26 heavy (non-hydrogen) atoms. The van der Waals surface area contributed by atoms with Crippen molar-refractivity contribution in [3.63, 3.8) is 0 Å². The van der Waals surface area contributed by atoms with E-state index in [1.165, 1.54) is 0 Å². The molecule has 1 unspecified atom stereocenters. The van der Waals surface area contributed by atoms with E-state index in [0.29, 0.717) is 6.04 Å². The number of nitrogens with one attached hydrogen (secondary N) is 1. The molecule has 2 heterocycles. The lowest BCUT2D eigenvalue weighted by molar-refractivity contribution is 0.158. The molecule has 0 saturated heterocycles. The van der Waals surface area contributed by atoms with Crippen LogP contribution >= 0.6 is 0 Å². The van der Waals surface area contributed by atoms with E-state index in [0.717, 1.165) is 80.0 Å². The molecule has 0 aliphatic heterocycles. The molecule has 0 amide bonds. The van der Waals surface area contributed by atoms with Crippen LogP contribution in [0.2, 0.25) is 0 Å². The number of rotatable bonds is 7. The van der Waals surface area contributed by atoms with Gasteiger partial charge in [0.1, 0.15) is 5.82 Å². The number of hydrogen-bond donors (Lipinski definition) is 2. The van der Waals surface area contributed by atoms with Crippen molar-refractivity contribution < 1.29 is 0 Å². The molecule has 1 aliphatic carbocycles. The molecule has 0 radical (unpaired) electrons. The Morgan fingerprint density at radius 3 is 2.92 bits per heavy atom. The molecule has 3 aromatic rings. The fourth-order valence-corrected chi connectivity index (χ4v) is 3.88. The minimum Gasteiger partial charge on any atom is -0.341 e. The fraction of sp³-hybridized carbons (Fsp3) is 0.450. The molecular weight excluding hydrogens is 324 g/mol. The first-order valence-electron chi connectivity index (χ1n) is 9.52. The number of H-pyrrole nitrogens is 1. The number of fused-ring (bicyclic) bond motifs is 2. The van der Waals surface area contributed by atoms with Gasteiger partial charge in [-0.15, -0.1) is 0 Å². The standard InChI is InChI=1S/C20H26N6/c21-10-3-4-13-26(14-19-24-15-6-1-2-7-16(15)25-19)18-9-5-8-17-20(18)23-12-11-22-17/h1-2,6-7,11-12,18H,3-5,8-10,13-14,21H2,(H,24,25). The fourth-order valence-electron chi connectivity index (χ4n) is 3.88. The molecule has 0 saturated carbocycles. The number of benzene rings is 1. The highest BCUT2D eigenvalue weighted by Gasteiger charge is 2.28. The number of aromatic nitrogens is 4. The molecule has 3 N–H and O–H groups in total. The number of unbranched alkanes of at least 4 members (excludes halogenated alkanes) is 1. The van der Waals surface area contributed by atoms with E-state index in [1.807, 2.05) is 18.3 Å². The highest BCUT2D eigenvalue weighted by atomic mass is 15.2. The summed E-state index contributed by atoms with van der Waals surface area (Å²) in [5, 5.41) is 0. The van der Waals surface area contributed by atoms with Crippen molar-refractivity contribution in [3.05, 3.63) is 53.9 Å². The number of aryl methyl sites for hydroxylation is 1. The van der Waals surface area contributed by atoms with Gasteiger partial charge in [0.2, 0.25) is 0 Å². The van der Waals surface area contributed by atoms with Crippen LogP contribution in [0.15, 0.2) is 36.7 Å². The first-order chi connectivity index (χ1) is 12.8. The van der Waals surface area contributed by atoms with Crippen molar-refractivity contribution >= 4 is 11.0 Å².